The number of hydrogen-bond donors (Lipinski definition) is 1. The third-order valence-corrected chi connectivity index (χ3v) is 7.48. The SMILES string of the molecule is COC(=O)c1cccc(-n2cccc2[C@H]2[C@H](c3ccccn3)NC(=S)N2c2ccc(Oc3ccccc3C)cc2)c1. The van der Waals surface area contributed by atoms with Gasteiger partial charge in [-0.05, 0) is 97.5 Å². The van der Waals surface area contributed by atoms with Crippen LogP contribution in [0.4, 0.5) is 5.69 Å². The smallest absolute Gasteiger partial charge is 0.337 e. The number of rotatable bonds is 7. The molecule has 0 bridgehead atoms. The number of para-hydroxylation sites is 1. The number of carbonyl (C=O) groups excluding carboxylic acids is 1. The number of carbonyl (C=O) groups is 1. The molecule has 1 N–H and O–H groups in total. The quantitative estimate of drug-likeness (QED) is 0.171. The predicted octanol–water partition coefficient (Wildman–Crippen LogP) is 6.94. The molecule has 1 fully saturated rings. The summed E-state index contributed by atoms with van der Waals surface area (Å²) in [6.07, 6.45) is 3.77. The lowest BCUT2D eigenvalue weighted by atomic mass is 10.0. The van der Waals surface area contributed by atoms with Crippen molar-refractivity contribution in [2.24, 2.45) is 0 Å². The van der Waals surface area contributed by atoms with Crippen LogP contribution in [0.2, 0.25) is 0 Å². The summed E-state index contributed by atoms with van der Waals surface area (Å²) in [5.74, 6) is 1.17. The second-order valence-electron chi connectivity index (χ2n) is 9.70. The highest BCUT2D eigenvalue weighted by Crippen LogP contribution is 2.42. The summed E-state index contributed by atoms with van der Waals surface area (Å²) < 4.78 is 13.2. The molecular formula is C33H28N4O3S. The van der Waals surface area contributed by atoms with Gasteiger partial charge in [-0.2, -0.15) is 0 Å². The number of methoxy groups -OCH3 is 1. The summed E-state index contributed by atoms with van der Waals surface area (Å²) in [7, 11) is 1.38. The third-order valence-electron chi connectivity index (χ3n) is 7.16. The van der Waals surface area contributed by atoms with Crippen LogP contribution in [-0.4, -0.2) is 27.7 Å². The molecule has 0 spiro atoms. The molecule has 0 amide bonds. The van der Waals surface area contributed by atoms with E-state index in [0.717, 1.165) is 39.8 Å². The molecule has 6 rings (SSSR count). The molecular weight excluding hydrogens is 532 g/mol. The predicted molar refractivity (Wildman–Crippen MR) is 163 cm³/mol. The molecule has 8 heteroatoms. The number of nitrogens with zero attached hydrogens (tertiary/aromatic N) is 3. The lowest BCUT2D eigenvalue weighted by Gasteiger charge is -2.29. The first-order chi connectivity index (χ1) is 20.0. The highest BCUT2D eigenvalue weighted by Gasteiger charge is 2.42. The molecule has 3 aromatic carbocycles. The summed E-state index contributed by atoms with van der Waals surface area (Å²) in [5, 5.41) is 4.10. The molecule has 0 saturated carbocycles. The molecule has 1 aliphatic rings. The summed E-state index contributed by atoms with van der Waals surface area (Å²) in [6, 6.07) is 32.7. The molecule has 1 aliphatic heterocycles. The minimum Gasteiger partial charge on any atom is -0.465 e. The van der Waals surface area contributed by atoms with Crippen molar-refractivity contribution in [3.63, 3.8) is 0 Å². The Morgan fingerprint density at radius 3 is 2.46 bits per heavy atom. The average molecular weight is 561 g/mol. The first kappa shape index (κ1) is 26.3. The molecule has 2 atom stereocenters. The fourth-order valence-electron chi connectivity index (χ4n) is 5.18. The largest absolute Gasteiger partial charge is 0.465 e. The molecule has 41 heavy (non-hydrogen) atoms. The second kappa shape index (κ2) is 11.3. The van der Waals surface area contributed by atoms with E-state index in [1.807, 2.05) is 104 Å². The van der Waals surface area contributed by atoms with Crippen molar-refractivity contribution in [3.8, 4) is 17.2 Å². The van der Waals surface area contributed by atoms with Gasteiger partial charge in [0.1, 0.15) is 17.5 Å². The number of hydrogen-bond acceptors (Lipinski definition) is 5. The van der Waals surface area contributed by atoms with Crippen LogP contribution in [0.3, 0.4) is 0 Å². The first-order valence-electron chi connectivity index (χ1n) is 13.2. The fourth-order valence-corrected chi connectivity index (χ4v) is 5.52. The number of ether oxygens (including phenoxy) is 2. The monoisotopic (exact) mass is 560 g/mol. The van der Waals surface area contributed by atoms with Crippen molar-refractivity contribution < 1.29 is 14.3 Å². The van der Waals surface area contributed by atoms with Crippen molar-refractivity contribution in [2.75, 3.05) is 12.0 Å². The number of esters is 1. The zero-order valence-electron chi connectivity index (χ0n) is 22.6. The summed E-state index contributed by atoms with van der Waals surface area (Å²) in [5.41, 5.74) is 5.16. The lowest BCUT2D eigenvalue weighted by Crippen LogP contribution is -2.30. The van der Waals surface area contributed by atoms with Gasteiger partial charge in [0.25, 0.3) is 0 Å². The van der Waals surface area contributed by atoms with Gasteiger partial charge in [-0.15, -0.1) is 0 Å². The Balaban J connectivity index is 1.40. The zero-order valence-corrected chi connectivity index (χ0v) is 23.4. The van der Waals surface area contributed by atoms with Gasteiger partial charge in [0.2, 0.25) is 0 Å². The van der Waals surface area contributed by atoms with Crippen molar-refractivity contribution in [1.29, 1.82) is 0 Å². The summed E-state index contributed by atoms with van der Waals surface area (Å²) in [6.45, 7) is 2.02. The third kappa shape index (κ3) is 5.17. The van der Waals surface area contributed by atoms with Gasteiger partial charge in [0, 0.05) is 29.5 Å². The van der Waals surface area contributed by atoms with Crippen LogP contribution >= 0.6 is 12.2 Å². The van der Waals surface area contributed by atoms with Gasteiger partial charge in [-0.25, -0.2) is 4.79 Å². The molecule has 0 aliphatic carbocycles. The van der Waals surface area contributed by atoms with E-state index in [2.05, 4.69) is 25.8 Å². The van der Waals surface area contributed by atoms with Crippen molar-refractivity contribution in [2.45, 2.75) is 19.0 Å². The maximum atomic E-state index is 12.3. The van der Waals surface area contributed by atoms with Crippen LogP contribution in [-0.2, 0) is 4.74 Å². The summed E-state index contributed by atoms with van der Waals surface area (Å²) >= 11 is 5.92. The number of pyridine rings is 1. The van der Waals surface area contributed by atoms with Gasteiger partial charge in [-0.1, -0.05) is 30.3 Å². The molecule has 204 valence electrons. The van der Waals surface area contributed by atoms with E-state index in [1.54, 1.807) is 12.3 Å². The Hall–Kier alpha value is -4.95. The lowest BCUT2D eigenvalue weighted by molar-refractivity contribution is 0.0600. The number of nitrogens with one attached hydrogen (secondary N) is 1. The minimum atomic E-state index is -0.384. The Morgan fingerprint density at radius 1 is 0.902 bits per heavy atom. The fraction of sp³-hybridized carbons (Fsp3) is 0.121. The molecule has 2 aromatic heterocycles. The maximum absolute atomic E-state index is 12.3. The molecule has 5 aromatic rings. The summed E-state index contributed by atoms with van der Waals surface area (Å²) in [4.78, 5) is 19.0. The van der Waals surface area contributed by atoms with Gasteiger partial charge < -0.3 is 24.3 Å². The average Bonchev–Trinajstić information content (AvgIpc) is 3.63. The van der Waals surface area contributed by atoms with Gasteiger partial charge in [0.15, 0.2) is 5.11 Å². The van der Waals surface area contributed by atoms with E-state index in [1.165, 1.54) is 7.11 Å². The second-order valence-corrected chi connectivity index (χ2v) is 10.1. The van der Waals surface area contributed by atoms with Gasteiger partial charge >= 0.3 is 5.97 Å². The van der Waals surface area contributed by atoms with Crippen LogP contribution in [0, 0.1) is 6.92 Å². The van der Waals surface area contributed by atoms with Crippen LogP contribution in [0.25, 0.3) is 5.69 Å². The number of benzene rings is 3. The van der Waals surface area contributed by atoms with E-state index >= 15 is 0 Å². The highest BCUT2D eigenvalue weighted by atomic mass is 32.1. The Morgan fingerprint density at radius 2 is 1.71 bits per heavy atom. The molecule has 0 radical (unpaired) electrons. The van der Waals surface area contributed by atoms with Crippen LogP contribution in [0.1, 0.15) is 39.4 Å². The topological polar surface area (TPSA) is 68.6 Å². The number of aromatic nitrogens is 2. The van der Waals surface area contributed by atoms with E-state index in [9.17, 15) is 4.79 Å². The number of thiocarbonyl (C=S) groups is 1. The Kier molecular flexibility index (Phi) is 7.22. The highest BCUT2D eigenvalue weighted by molar-refractivity contribution is 7.80. The molecule has 3 heterocycles. The van der Waals surface area contributed by atoms with Crippen molar-refractivity contribution in [1.82, 2.24) is 14.9 Å². The molecule has 1 saturated heterocycles. The zero-order chi connectivity index (χ0) is 28.3. The van der Waals surface area contributed by atoms with E-state index in [4.69, 9.17) is 21.7 Å². The van der Waals surface area contributed by atoms with E-state index < -0.39 is 0 Å². The number of aryl methyl sites for hydroxylation is 1. The van der Waals surface area contributed by atoms with Crippen LogP contribution in [0.5, 0.6) is 11.5 Å². The maximum Gasteiger partial charge on any atom is 0.337 e. The van der Waals surface area contributed by atoms with Crippen molar-refractivity contribution in [3.05, 3.63) is 138 Å². The van der Waals surface area contributed by atoms with Gasteiger partial charge in [-0.3, -0.25) is 4.98 Å². The first-order valence-corrected chi connectivity index (χ1v) is 13.6. The Bertz CT molecular complexity index is 1700. The van der Waals surface area contributed by atoms with E-state index in [0.29, 0.717) is 10.7 Å². The number of anilines is 1. The minimum absolute atomic E-state index is 0.218. The molecule has 0 unspecified atom stereocenters. The Labute approximate surface area is 244 Å². The van der Waals surface area contributed by atoms with Crippen LogP contribution < -0.4 is 15.0 Å². The van der Waals surface area contributed by atoms with Crippen LogP contribution in [0.15, 0.2) is 116 Å². The molecule has 7 nitrogen and oxygen atoms in total. The normalized spacial score (nSPS) is 16.3. The van der Waals surface area contributed by atoms with Crippen molar-refractivity contribution >= 4 is 29.0 Å². The van der Waals surface area contributed by atoms with Gasteiger partial charge in [0.05, 0.1) is 24.4 Å². The van der Waals surface area contributed by atoms with E-state index in [-0.39, 0.29) is 18.1 Å². The standard InChI is InChI=1S/C33H28N4O3S/c1-22-9-3-4-14-29(22)40-26-17-15-24(16-18-26)37-31(30(35-33(37)41)27-12-5-6-19-34-27)28-13-8-20-36(28)25-11-7-10-23(21-25)32(38)39-2/h3-21,30-31H,1-2H3,(H,35,41)/t30-,31-/m0/s1.